The molecule has 2 aromatic rings. The predicted octanol–water partition coefficient (Wildman–Crippen LogP) is 6.45. The van der Waals surface area contributed by atoms with E-state index in [1.165, 1.54) is 33.4 Å². The fourth-order valence-corrected chi connectivity index (χ4v) is 3.84. The molecule has 0 atom stereocenters. The summed E-state index contributed by atoms with van der Waals surface area (Å²) in [5.74, 6) is 0.665. The van der Waals surface area contributed by atoms with E-state index in [9.17, 15) is 5.11 Å². The maximum absolute atomic E-state index is 10.5. The fraction of sp³-hybridized carbons (Fsp3) is 0.304. The van der Waals surface area contributed by atoms with Gasteiger partial charge in [-0.15, -0.1) is 0 Å². The monoisotopic (exact) mass is 318 g/mol. The topological polar surface area (TPSA) is 20.2 Å². The van der Waals surface area contributed by atoms with Crippen LogP contribution in [0.15, 0.2) is 58.7 Å². The van der Waals surface area contributed by atoms with Crippen LogP contribution in [0, 0.1) is 13.8 Å². The van der Waals surface area contributed by atoms with Crippen LogP contribution in [-0.2, 0) is 0 Å². The van der Waals surface area contributed by atoms with E-state index in [4.69, 9.17) is 0 Å². The van der Waals surface area contributed by atoms with Crippen molar-refractivity contribution in [1.82, 2.24) is 0 Å². The molecule has 0 bridgehead atoms. The molecule has 1 aliphatic rings. The molecule has 0 saturated carbocycles. The molecule has 0 saturated heterocycles. The molecule has 0 heterocycles. The number of phenolic OH excluding ortho intramolecular Hbond substituents is 1. The Labute approximate surface area is 145 Å². The first-order chi connectivity index (χ1) is 11.3. The van der Waals surface area contributed by atoms with Crippen molar-refractivity contribution in [2.24, 2.45) is 0 Å². The summed E-state index contributed by atoms with van der Waals surface area (Å²) in [5.41, 5.74) is 11.3. The molecule has 1 heteroatoms. The third-order valence-corrected chi connectivity index (χ3v) is 5.57. The summed E-state index contributed by atoms with van der Waals surface area (Å²) < 4.78 is 0. The molecular weight excluding hydrogens is 292 g/mol. The van der Waals surface area contributed by atoms with Gasteiger partial charge in [-0.25, -0.2) is 0 Å². The Balaban J connectivity index is 2.25. The summed E-state index contributed by atoms with van der Waals surface area (Å²) in [5, 5.41) is 10.5. The molecule has 124 valence electrons. The molecular formula is C23H26O. The van der Waals surface area contributed by atoms with E-state index in [1.807, 2.05) is 19.1 Å². The number of aryl methyl sites for hydroxylation is 2. The second-order valence-electron chi connectivity index (χ2n) is 7.16. The summed E-state index contributed by atoms with van der Waals surface area (Å²) in [4.78, 5) is 0. The normalized spacial score (nSPS) is 15.6. The van der Waals surface area contributed by atoms with Crippen molar-refractivity contribution >= 4 is 0 Å². The molecule has 0 fully saturated rings. The van der Waals surface area contributed by atoms with Crippen molar-refractivity contribution in [3.05, 3.63) is 75.4 Å². The van der Waals surface area contributed by atoms with Crippen LogP contribution in [0.5, 0.6) is 5.75 Å². The van der Waals surface area contributed by atoms with Gasteiger partial charge in [-0.05, 0) is 75.4 Å². The van der Waals surface area contributed by atoms with Crippen LogP contribution in [0.4, 0.5) is 0 Å². The van der Waals surface area contributed by atoms with Crippen molar-refractivity contribution < 1.29 is 5.11 Å². The number of hydrogen-bond acceptors (Lipinski definition) is 1. The zero-order valence-electron chi connectivity index (χ0n) is 15.5. The van der Waals surface area contributed by atoms with Gasteiger partial charge in [0.25, 0.3) is 0 Å². The van der Waals surface area contributed by atoms with Crippen LogP contribution in [0.3, 0.4) is 0 Å². The molecule has 0 unspecified atom stereocenters. The number of allylic oxidation sites excluding steroid dienone is 4. The zero-order chi connectivity index (χ0) is 17.6. The Morgan fingerprint density at radius 3 is 1.79 bits per heavy atom. The average molecular weight is 318 g/mol. The Kier molecular flexibility index (Phi) is 4.13. The third kappa shape index (κ3) is 2.58. The lowest BCUT2D eigenvalue weighted by molar-refractivity contribution is 0.477. The van der Waals surface area contributed by atoms with Crippen LogP contribution in [0.25, 0.3) is 11.1 Å². The van der Waals surface area contributed by atoms with Crippen molar-refractivity contribution in [2.45, 2.75) is 47.5 Å². The van der Waals surface area contributed by atoms with E-state index >= 15 is 0 Å². The molecule has 0 spiro atoms. The van der Waals surface area contributed by atoms with E-state index < -0.39 is 0 Å². The van der Waals surface area contributed by atoms with E-state index in [0.717, 1.165) is 16.7 Å². The number of rotatable bonds is 2. The predicted molar refractivity (Wildman–Crippen MR) is 103 cm³/mol. The summed E-state index contributed by atoms with van der Waals surface area (Å²) in [6.45, 7) is 13.0. The van der Waals surface area contributed by atoms with Crippen LogP contribution in [-0.4, -0.2) is 5.11 Å². The molecule has 0 amide bonds. The van der Waals surface area contributed by atoms with Crippen molar-refractivity contribution in [2.75, 3.05) is 0 Å². The average Bonchev–Trinajstić information content (AvgIpc) is 2.72. The van der Waals surface area contributed by atoms with Gasteiger partial charge in [-0.3, -0.25) is 0 Å². The maximum atomic E-state index is 10.5. The lowest BCUT2D eigenvalue weighted by Crippen LogP contribution is -2.02. The van der Waals surface area contributed by atoms with Gasteiger partial charge in [0.2, 0.25) is 0 Å². The summed E-state index contributed by atoms with van der Waals surface area (Å²) in [7, 11) is 0. The Morgan fingerprint density at radius 2 is 1.21 bits per heavy atom. The van der Waals surface area contributed by atoms with Crippen LogP contribution < -0.4 is 0 Å². The van der Waals surface area contributed by atoms with Crippen molar-refractivity contribution in [3.63, 3.8) is 0 Å². The van der Waals surface area contributed by atoms with Gasteiger partial charge in [0.05, 0.1) is 0 Å². The molecule has 0 aliphatic heterocycles. The largest absolute Gasteiger partial charge is 0.507 e. The molecule has 1 nitrogen and oxygen atoms in total. The van der Waals surface area contributed by atoms with Gasteiger partial charge in [-0.2, -0.15) is 0 Å². The highest BCUT2D eigenvalue weighted by Crippen LogP contribution is 2.47. The minimum Gasteiger partial charge on any atom is -0.507 e. The minimum atomic E-state index is 0.307. The Hall–Kier alpha value is -2.28. The third-order valence-electron chi connectivity index (χ3n) is 5.57. The first kappa shape index (κ1) is 16.6. The smallest absolute Gasteiger partial charge is 0.123 e. The highest BCUT2D eigenvalue weighted by molar-refractivity contribution is 5.76. The first-order valence-electron chi connectivity index (χ1n) is 8.57. The lowest BCUT2D eigenvalue weighted by atomic mass is 9.83. The second-order valence-corrected chi connectivity index (χ2v) is 7.16. The van der Waals surface area contributed by atoms with E-state index in [0.29, 0.717) is 11.7 Å². The second kappa shape index (κ2) is 5.98. The van der Waals surface area contributed by atoms with E-state index in [2.05, 4.69) is 58.9 Å². The van der Waals surface area contributed by atoms with Gasteiger partial charge in [0.1, 0.15) is 5.75 Å². The molecule has 2 aromatic carbocycles. The van der Waals surface area contributed by atoms with Gasteiger partial charge in [0, 0.05) is 11.5 Å². The Bertz CT molecular complexity index is 857. The quantitative estimate of drug-likeness (QED) is 0.675. The van der Waals surface area contributed by atoms with Gasteiger partial charge < -0.3 is 5.11 Å². The summed E-state index contributed by atoms with van der Waals surface area (Å²) in [6.07, 6.45) is 0. The highest BCUT2D eigenvalue weighted by atomic mass is 16.3. The van der Waals surface area contributed by atoms with Gasteiger partial charge in [0.15, 0.2) is 0 Å². The minimum absolute atomic E-state index is 0.307. The van der Waals surface area contributed by atoms with Crippen LogP contribution in [0.1, 0.15) is 50.3 Å². The fourth-order valence-electron chi connectivity index (χ4n) is 3.84. The molecule has 24 heavy (non-hydrogen) atoms. The molecule has 3 rings (SSSR count). The Morgan fingerprint density at radius 1 is 0.667 bits per heavy atom. The van der Waals surface area contributed by atoms with Crippen LogP contribution >= 0.6 is 0 Å². The summed E-state index contributed by atoms with van der Waals surface area (Å²) in [6, 6.07) is 12.6. The molecule has 0 radical (unpaired) electrons. The first-order valence-corrected chi connectivity index (χ1v) is 8.57. The SMILES string of the molecule is CC1=C(C)C(c2ccc(C)cc2-c2ccc(C)cc2O)C(C)=C1C. The van der Waals surface area contributed by atoms with Crippen LogP contribution in [0.2, 0.25) is 0 Å². The lowest BCUT2D eigenvalue weighted by Gasteiger charge is -2.21. The molecule has 1 N–H and O–H groups in total. The van der Waals surface area contributed by atoms with Gasteiger partial charge in [-0.1, -0.05) is 47.0 Å². The summed E-state index contributed by atoms with van der Waals surface area (Å²) >= 11 is 0. The zero-order valence-corrected chi connectivity index (χ0v) is 15.5. The number of benzene rings is 2. The van der Waals surface area contributed by atoms with Gasteiger partial charge >= 0.3 is 0 Å². The van der Waals surface area contributed by atoms with E-state index in [-0.39, 0.29) is 0 Å². The number of aromatic hydroxyl groups is 1. The highest BCUT2D eigenvalue weighted by Gasteiger charge is 2.28. The molecule has 0 aromatic heterocycles. The van der Waals surface area contributed by atoms with Crippen molar-refractivity contribution in [1.29, 1.82) is 0 Å². The van der Waals surface area contributed by atoms with Crippen molar-refractivity contribution in [3.8, 4) is 16.9 Å². The standard InChI is InChI=1S/C23H26O/c1-13-8-10-20(23-17(5)15(3)16(4)18(23)6)21(11-13)19-9-7-14(2)12-22(19)24/h7-12,23-24H,1-6H3. The number of phenols is 1. The molecule has 1 aliphatic carbocycles. The number of hydrogen-bond donors (Lipinski definition) is 1. The maximum Gasteiger partial charge on any atom is 0.123 e. The van der Waals surface area contributed by atoms with E-state index in [1.54, 1.807) is 0 Å².